The molecule has 1 aromatic heterocycles. The molecule has 1 saturated heterocycles. The molecule has 0 saturated carbocycles. The van der Waals surface area contributed by atoms with Crippen molar-refractivity contribution in [1.82, 2.24) is 10.0 Å². The Morgan fingerprint density at radius 3 is 2.68 bits per heavy atom. The molecule has 1 aromatic rings. The number of amides is 1. The first-order valence-electron chi connectivity index (χ1n) is 5.13. The smallest absolute Gasteiger partial charge is 0.273 e. The second-order valence-electron chi connectivity index (χ2n) is 4.02. The van der Waals surface area contributed by atoms with Crippen LogP contribution in [-0.4, -0.2) is 32.8 Å². The van der Waals surface area contributed by atoms with Crippen molar-refractivity contribution in [3.05, 3.63) is 16.5 Å². The molecule has 5 nitrogen and oxygen atoms in total. The Kier molecular flexibility index (Phi) is 3.83. The molecule has 0 unspecified atom stereocenters. The van der Waals surface area contributed by atoms with Crippen molar-refractivity contribution in [2.24, 2.45) is 0 Å². The van der Waals surface area contributed by atoms with Crippen LogP contribution in [0.1, 0.15) is 6.42 Å². The minimum absolute atomic E-state index is 0.143. The van der Waals surface area contributed by atoms with E-state index in [1.54, 1.807) is 4.72 Å². The Labute approximate surface area is 117 Å². The van der Waals surface area contributed by atoms with Gasteiger partial charge in [0.05, 0.1) is 16.9 Å². The summed E-state index contributed by atoms with van der Waals surface area (Å²) in [4.78, 5) is 11.6. The van der Waals surface area contributed by atoms with Gasteiger partial charge in [0.15, 0.2) is 0 Å². The minimum atomic E-state index is -4.06. The quantitative estimate of drug-likeness (QED) is 0.873. The van der Waals surface area contributed by atoms with Gasteiger partial charge in [-0.05, 0) is 12.1 Å². The standard InChI is InChI=1S/C9H9ClF2N2O3S2/c10-6-1-2-7(18-6)19(16,17)14-8(15)5-3-9(11,12)4-13-5/h1-2,5,13H,3-4H2,(H,14,15)/t5-/m0/s1. The zero-order valence-electron chi connectivity index (χ0n) is 9.32. The average molecular weight is 331 g/mol. The summed E-state index contributed by atoms with van der Waals surface area (Å²) in [5, 5.41) is 2.28. The number of alkyl halides is 2. The van der Waals surface area contributed by atoms with Crippen molar-refractivity contribution in [2.45, 2.75) is 22.6 Å². The van der Waals surface area contributed by atoms with Gasteiger partial charge in [-0.3, -0.25) is 10.1 Å². The van der Waals surface area contributed by atoms with Crippen LogP contribution in [-0.2, 0) is 14.8 Å². The molecule has 0 bridgehead atoms. The summed E-state index contributed by atoms with van der Waals surface area (Å²) < 4.78 is 51.2. The molecule has 1 aliphatic rings. The van der Waals surface area contributed by atoms with E-state index in [0.29, 0.717) is 0 Å². The third-order valence-electron chi connectivity index (χ3n) is 2.47. The summed E-state index contributed by atoms with van der Waals surface area (Å²) in [5.74, 6) is -4.00. The van der Waals surface area contributed by atoms with E-state index in [9.17, 15) is 22.0 Å². The second-order valence-corrected chi connectivity index (χ2v) is 7.65. The first kappa shape index (κ1) is 14.6. The van der Waals surface area contributed by atoms with Crippen molar-refractivity contribution in [1.29, 1.82) is 0 Å². The van der Waals surface area contributed by atoms with E-state index >= 15 is 0 Å². The number of hydrogen-bond donors (Lipinski definition) is 2. The average Bonchev–Trinajstić information content (AvgIpc) is 2.84. The number of thiophene rings is 1. The third kappa shape index (κ3) is 3.41. The van der Waals surface area contributed by atoms with Gasteiger partial charge >= 0.3 is 0 Å². The fraction of sp³-hybridized carbons (Fsp3) is 0.444. The van der Waals surface area contributed by atoms with Crippen molar-refractivity contribution < 1.29 is 22.0 Å². The normalized spacial score (nSPS) is 22.4. The topological polar surface area (TPSA) is 75.3 Å². The molecule has 1 amide bonds. The van der Waals surface area contributed by atoms with Crippen molar-refractivity contribution in [3.63, 3.8) is 0 Å². The Balaban J connectivity index is 2.07. The highest BCUT2D eigenvalue weighted by molar-refractivity contribution is 7.92. The number of hydrogen-bond acceptors (Lipinski definition) is 5. The Bertz CT molecular complexity index is 602. The summed E-state index contributed by atoms with van der Waals surface area (Å²) in [6, 6.07) is 1.38. The molecule has 0 spiro atoms. The maximum absolute atomic E-state index is 12.9. The van der Waals surface area contributed by atoms with Crippen LogP contribution in [0.4, 0.5) is 8.78 Å². The Hall–Kier alpha value is -0.770. The van der Waals surface area contributed by atoms with Gasteiger partial charge in [-0.25, -0.2) is 21.9 Å². The lowest BCUT2D eigenvalue weighted by atomic mass is 10.2. The van der Waals surface area contributed by atoms with E-state index in [-0.39, 0.29) is 8.55 Å². The maximum Gasteiger partial charge on any atom is 0.273 e. The van der Waals surface area contributed by atoms with Crippen molar-refractivity contribution >= 4 is 38.9 Å². The second kappa shape index (κ2) is 4.97. The van der Waals surface area contributed by atoms with Crippen LogP contribution < -0.4 is 10.0 Å². The molecule has 1 fully saturated rings. The van der Waals surface area contributed by atoms with Gasteiger partial charge in [-0.2, -0.15) is 0 Å². The van der Waals surface area contributed by atoms with Gasteiger partial charge in [0, 0.05) is 6.42 Å². The number of nitrogens with one attached hydrogen (secondary N) is 2. The zero-order chi connectivity index (χ0) is 14.3. The molecule has 106 valence electrons. The fourth-order valence-corrected chi connectivity index (χ4v) is 4.10. The van der Waals surface area contributed by atoms with Gasteiger partial charge in [-0.1, -0.05) is 11.6 Å². The highest BCUT2D eigenvalue weighted by Crippen LogP contribution is 2.27. The first-order valence-corrected chi connectivity index (χ1v) is 7.81. The predicted octanol–water partition coefficient (Wildman–Crippen LogP) is 1.20. The summed E-state index contributed by atoms with van der Waals surface area (Å²) >= 11 is 6.37. The zero-order valence-corrected chi connectivity index (χ0v) is 11.7. The molecule has 19 heavy (non-hydrogen) atoms. The molecule has 2 N–H and O–H groups in total. The van der Waals surface area contributed by atoms with Crippen LogP contribution in [0, 0.1) is 0 Å². The first-order chi connectivity index (χ1) is 8.70. The van der Waals surface area contributed by atoms with E-state index in [1.807, 2.05) is 0 Å². The van der Waals surface area contributed by atoms with Crippen LogP contribution in [0.3, 0.4) is 0 Å². The monoisotopic (exact) mass is 330 g/mol. The number of carbonyl (C=O) groups is 1. The molecule has 10 heteroatoms. The molecule has 1 aliphatic heterocycles. The highest BCUT2D eigenvalue weighted by Gasteiger charge is 2.43. The van der Waals surface area contributed by atoms with Gasteiger partial charge in [-0.15, -0.1) is 11.3 Å². The van der Waals surface area contributed by atoms with Crippen molar-refractivity contribution in [2.75, 3.05) is 6.54 Å². The molecule has 1 atom stereocenters. The van der Waals surface area contributed by atoms with Crippen LogP contribution in [0.2, 0.25) is 4.34 Å². The lowest BCUT2D eigenvalue weighted by Gasteiger charge is -2.10. The van der Waals surface area contributed by atoms with Crippen molar-refractivity contribution in [3.8, 4) is 0 Å². The molecule has 2 rings (SSSR count). The number of halogens is 3. The van der Waals surface area contributed by atoms with Crippen LogP contribution in [0.25, 0.3) is 0 Å². The summed E-state index contributed by atoms with van der Waals surface area (Å²) in [7, 11) is -4.06. The lowest BCUT2D eigenvalue weighted by Crippen LogP contribution is -2.42. The molecular weight excluding hydrogens is 322 g/mol. The summed E-state index contributed by atoms with van der Waals surface area (Å²) in [6.45, 7) is -0.643. The van der Waals surface area contributed by atoms with Crippen LogP contribution >= 0.6 is 22.9 Å². The number of sulfonamides is 1. The molecule has 0 aliphatic carbocycles. The predicted molar refractivity (Wildman–Crippen MR) is 66.0 cm³/mol. The van der Waals surface area contributed by atoms with E-state index < -0.39 is 40.9 Å². The molecule has 0 aromatic carbocycles. The molecular formula is C9H9ClF2N2O3S2. The largest absolute Gasteiger partial charge is 0.300 e. The van der Waals surface area contributed by atoms with Crippen LogP contribution in [0.5, 0.6) is 0 Å². The fourth-order valence-electron chi connectivity index (χ4n) is 1.60. The van der Waals surface area contributed by atoms with E-state index in [2.05, 4.69) is 5.32 Å². The van der Waals surface area contributed by atoms with E-state index in [1.165, 1.54) is 12.1 Å². The minimum Gasteiger partial charge on any atom is -0.300 e. The van der Waals surface area contributed by atoms with Gasteiger partial charge in [0.25, 0.3) is 21.9 Å². The van der Waals surface area contributed by atoms with Gasteiger partial charge in [0.2, 0.25) is 0 Å². The molecule has 2 heterocycles. The van der Waals surface area contributed by atoms with E-state index in [4.69, 9.17) is 11.6 Å². The number of carbonyl (C=O) groups excluding carboxylic acids is 1. The molecule has 0 radical (unpaired) electrons. The van der Waals surface area contributed by atoms with Gasteiger partial charge < -0.3 is 0 Å². The number of rotatable bonds is 3. The highest BCUT2D eigenvalue weighted by atomic mass is 35.5. The summed E-state index contributed by atoms with van der Waals surface area (Å²) in [6.07, 6.45) is -0.723. The Morgan fingerprint density at radius 2 is 2.21 bits per heavy atom. The maximum atomic E-state index is 12.9. The Morgan fingerprint density at radius 1 is 1.53 bits per heavy atom. The van der Waals surface area contributed by atoms with Gasteiger partial charge in [0.1, 0.15) is 4.21 Å². The van der Waals surface area contributed by atoms with Crippen LogP contribution in [0.15, 0.2) is 16.3 Å². The lowest BCUT2D eigenvalue weighted by molar-refractivity contribution is -0.121. The third-order valence-corrected chi connectivity index (χ3v) is 5.54. The summed E-state index contributed by atoms with van der Waals surface area (Å²) in [5.41, 5.74) is 0. The SMILES string of the molecule is O=C(NS(=O)(=O)c1ccc(Cl)s1)[C@@H]1CC(F)(F)CN1. The van der Waals surface area contributed by atoms with E-state index in [0.717, 1.165) is 11.3 Å².